The van der Waals surface area contributed by atoms with E-state index < -0.39 is 0 Å². The molecular weight excluding hydrogens is 212 g/mol. The summed E-state index contributed by atoms with van der Waals surface area (Å²) < 4.78 is 0. The molecule has 1 unspecified atom stereocenters. The Balaban J connectivity index is 1.67. The second kappa shape index (κ2) is 5.14. The second-order valence-corrected chi connectivity index (χ2v) is 6.08. The molecule has 2 heterocycles. The highest BCUT2D eigenvalue weighted by atomic mass is 32.2. The van der Waals surface area contributed by atoms with Crippen LogP contribution in [-0.2, 0) is 6.42 Å². The zero-order valence-corrected chi connectivity index (χ0v) is 10.1. The lowest BCUT2D eigenvalue weighted by molar-refractivity contribution is 0.562. The number of thioether (sulfide) groups is 1. The molecule has 0 bridgehead atoms. The average molecular weight is 228 g/mol. The van der Waals surface area contributed by atoms with Gasteiger partial charge < -0.3 is 5.32 Å². The van der Waals surface area contributed by atoms with Crippen LogP contribution in [0.15, 0.2) is 6.20 Å². The maximum absolute atomic E-state index is 4.25. The van der Waals surface area contributed by atoms with Crippen LogP contribution in [0.1, 0.15) is 16.3 Å². The van der Waals surface area contributed by atoms with Crippen molar-refractivity contribution in [3.05, 3.63) is 16.1 Å². The molecule has 1 fully saturated rings. The molecule has 0 aromatic carbocycles. The van der Waals surface area contributed by atoms with Gasteiger partial charge in [-0.2, -0.15) is 11.8 Å². The number of rotatable bonds is 4. The van der Waals surface area contributed by atoms with Crippen LogP contribution in [0.2, 0.25) is 0 Å². The van der Waals surface area contributed by atoms with Gasteiger partial charge in [0.05, 0.1) is 5.01 Å². The van der Waals surface area contributed by atoms with Crippen molar-refractivity contribution in [3.8, 4) is 0 Å². The molecule has 0 spiro atoms. The molecule has 0 radical (unpaired) electrons. The number of aryl methyl sites for hydroxylation is 1. The summed E-state index contributed by atoms with van der Waals surface area (Å²) in [6.45, 7) is 3.17. The lowest BCUT2D eigenvalue weighted by Gasteiger charge is -2.09. The van der Waals surface area contributed by atoms with Gasteiger partial charge in [-0.1, -0.05) is 0 Å². The summed E-state index contributed by atoms with van der Waals surface area (Å²) in [5.74, 6) is 2.62. The van der Waals surface area contributed by atoms with E-state index in [0.29, 0.717) is 0 Å². The fraction of sp³-hybridized carbons (Fsp3) is 0.700. The Hall–Kier alpha value is -0.0600. The van der Waals surface area contributed by atoms with Crippen LogP contribution < -0.4 is 5.32 Å². The van der Waals surface area contributed by atoms with Crippen LogP contribution >= 0.6 is 23.1 Å². The predicted octanol–water partition coefficient (Wildman–Crippen LogP) is 2.09. The van der Waals surface area contributed by atoms with Gasteiger partial charge in [0, 0.05) is 29.4 Å². The van der Waals surface area contributed by atoms with Gasteiger partial charge in [-0.25, -0.2) is 4.98 Å². The van der Waals surface area contributed by atoms with E-state index in [2.05, 4.69) is 29.0 Å². The van der Waals surface area contributed by atoms with Gasteiger partial charge in [-0.15, -0.1) is 11.3 Å². The third-order valence-electron chi connectivity index (χ3n) is 2.40. The second-order valence-electron chi connectivity index (χ2n) is 3.61. The summed E-state index contributed by atoms with van der Waals surface area (Å²) in [7, 11) is 0. The zero-order valence-electron chi connectivity index (χ0n) is 8.45. The van der Waals surface area contributed by atoms with Crippen molar-refractivity contribution in [1.29, 1.82) is 0 Å². The van der Waals surface area contributed by atoms with Crippen LogP contribution in [0, 0.1) is 6.92 Å². The maximum Gasteiger partial charge on any atom is 0.0896 e. The van der Waals surface area contributed by atoms with E-state index in [-0.39, 0.29) is 0 Å². The predicted molar refractivity (Wildman–Crippen MR) is 64.3 cm³/mol. The molecule has 1 atom stereocenters. The molecule has 1 aromatic heterocycles. The highest BCUT2D eigenvalue weighted by Gasteiger charge is 2.13. The molecule has 2 rings (SSSR count). The standard InChI is InChI=1S/C10H16N2S2/c1-8-12-6-10(14-8)2-4-11-9-3-5-13-7-9/h6,9,11H,2-5,7H2,1H3. The fourth-order valence-corrected chi connectivity index (χ4v) is 3.60. The Labute approximate surface area is 93.5 Å². The molecule has 0 saturated carbocycles. The summed E-state index contributed by atoms with van der Waals surface area (Å²) in [6, 6.07) is 0.758. The van der Waals surface area contributed by atoms with Crippen molar-refractivity contribution in [1.82, 2.24) is 10.3 Å². The molecule has 1 saturated heterocycles. The Morgan fingerprint density at radius 1 is 1.64 bits per heavy atom. The molecular formula is C10H16N2S2. The van der Waals surface area contributed by atoms with Gasteiger partial charge in [0.2, 0.25) is 0 Å². The Morgan fingerprint density at radius 2 is 2.57 bits per heavy atom. The van der Waals surface area contributed by atoms with Crippen molar-refractivity contribution in [2.75, 3.05) is 18.1 Å². The fourth-order valence-electron chi connectivity index (χ4n) is 1.62. The van der Waals surface area contributed by atoms with Crippen molar-refractivity contribution in [2.45, 2.75) is 25.8 Å². The van der Waals surface area contributed by atoms with E-state index >= 15 is 0 Å². The van der Waals surface area contributed by atoms with Crippen molar-refractivity contribution < 1.29 is 0 Å². The van der Waals surface area contributed by atoms with Crippen LogP contribution in [0.4, 0.5) is 0 Å². The molecule has 0 aliphatic carbocycles. The Morgan fingerprint density at radius 3 is 3.21 bits per heavy atom. The minimum absolute atomic E-state index is 0.758. The third-order valence-corrected chi connectivity index (χ3v) is 4.54. The average Bonchev–Trinajstić information content (AvgIpc) is 2.77. The van der Waals surface area contributed by atoms with E-state index in [1.165, 1.54) is 27.8 Å². The largest absolute Gasteiger partial charge is 0.313 e. The Kier molecular flexibility index (Phi) is 3.84. The summed E-state index contributed by atoms with van der Waals surface area (Å²) in [4.78, 5) is 5.66. The number of hydrogen-bond donors (Lipinski definition) is 1. The minimum Gasteiger partial charge on any atom is -0.313 e. The van der Waals surface area contributed by atoms with E-state index in [0.717, 1.165) is 19.0 Å². The smallest absolute Gasteiger partial charge is 0.0896 e. The zero-order chi connectivity index (χ0) is 9.80. The van der Waals surface area contributed by atoms with Gasteiger partial charge in [0.1, 0.15) is 0 Å². The molecule has 1 aliphatic rings. The number of thiazole rings is 1. The topological polar surface area (TPSA) is 24.9 Å². The molecule has 78 valence electrons. The lowest BCUT2D eigenvalue weighted by Crippen LogP contribution is -2.30. The molecule has 1 aliphatic heterocycles. The molecule has 1 N–H and O–H groups in total. The van der Waals surface area contributed by atoms with Crippen LogP contribution in [0.3, 0.4) is 0 Å². The minimum atomic E-state index is 0.758. The van der Waals surface area contributed by atoms with E-state index in [1.807, 2.05) is 17.5 Å². The Bertz CT molecular complexity index is 279. The van der Waals surface area contributed by atoms with Gasteiger partial charge in [0.15, 0.2) is 0 Å². The first kappa shape index (κ1) is 10.5. The van der Waals surface area contributed by atoms with Gasteiger partial charge in [-0.05, 0) is 25.5 Å². The number of hydrogen-bond acceptors (Lipinski definition) is 4. The first-order valence-electron chi connectivity index (χ1n) is 5.07. The molecule has 4 heteroatoms. The summed E-state index contributed by atoms with van der Waals surface area (Å²) in [5, 5.41) is 4.77. The normalized spacial score (nSPS) is 21.6. The molecule has 0 amide bonds. The molecule has 1 aromatic rings. The number of aromatic nitrogens is 1. The van der Waals surface area contributed by atoms with Crippen LogP contribution in [0.5, 0.6) is 0 Å². The molecule has 2 nitrogen and oxygen atoms in total. The highest BCUT2D eigenvalue weighted by Crippen LogP contribution is 2.17. The van der Waals surface area contributed by atoms with Gasteiger partial charge >= 0.3 is 0 Å². The first-order valence-corrected chi connectivity index (χ1v) is 7.04. The van der Waals surface area contributed by atoms with E-state index in [1.54, 1.807) is 0 Å². The van der Waals surface area contributed by atoms with Gasteiger partial charge in [0.25, 0.3) is 0 Å². The van der Waals surface area contributed by atoms with Gasteiger partial charge in [-0.3, -0.25) is 0 Å². The third kappa shape index (κ3) is 2.97. The maximum atomic E-state index is 4.25. The number of nitrogens with zero attached hydrogens (tertiary/aromatic N) is 1. The summed E-state index contributed by atoms with van der Waals surface area (Å²) >= 11 is 3.87. The lowest BCUT2D eigenvalue weighted by atomic mass is 10.2. The highest BCUT2D eigenvalue weighted by molar-refractivity contribution is 7.99. The quantitative estimate of drug-likeness (QED) is 0.854. The van der Waals surface area contributed by atoms with Crippen molar-refractivity contribution in [2.24, 2.45) is 0 Å². The molecule has 14 heavy (non-hydrogen) atoms. The number of nitrogens with one attached hydrogen (secondary N) is 1. The summed E-state index contributed by atoms with van der Waals surface area (Å²) in [5.41, 5.74) is 0. The van der Waals surface area contributed by atoms with Crippen molar-refractivity contribution in [3.63, 3.8) is 0 Å². The first-order chi connectivity index (χ1) is 6.84. The van der Waals surface area contributed by atoms with Crippen LogP contribution in [0.25, 0.3) is 0 Å². The SMILES string of the molecule is Cc1ncc(CCNC2CCSC2)s1. The van der Waals surface area contributed by atoms with E-state index in [4.69, 9.17) is 0 Å². The monoisotopic (exact) mass is 228 g/mol. The summed E-state index contributed by atoms with van der Waals surface area (Å²) in [6.07, 6.45) is 4.48. The van der Waals surface area contributed by atoms with E-state index in [9.17, 15) is 0 Å². The van der Waals surface area contributed by atoms with Crippen molar-refractivity contribution >= 4 is 23.1 Å². The van der Waals surface area contributed by atoms with Crippen LogP contribution in [-0.4, -0.2) is 29.1 Å².